The van der Waals surface area contributed by atoms with Crippen LogP contribution in [0.25, 0.3) is 17.5 Å². The van der Waals surface area contributed by atoms with E-state index in [1.807, 2.05) is 30.3 Å². The Labute approximate surface area is 102 Å². The third-order valence-electron chi connectivity index (χ3n) is 1.95. The average molecular weight is 372 g/mol. The third kappa shape index (κ3) is 2.81. The molecule has 0 aliphatic carbocycles. The summed E-state index contributed by atoms with van der Waals surface area (Å²) in [7, 11) is 0. The van der Waals surface area contributed by atoms with E-state index in [1.165, 1.54) is 0 Å². The minimum absolute atomic E-state index is 0. The topological polar surface area (TPSA) is 25.8 Å². The van der Waals surface area contributed by atoms with Crippen LogP contribution in [0.2, 0.25) is 0 Å². The standard InChI is InChI=1S/C12H10N2.Os/c1-2-10-6-8-14-12(9-10)11-5-3-4-7-13-11;/h2-9H,1H2;. The van der Waals surface area contributed by atoms with Gasteiger partial charge in [0.05, 0.1) is 11.4 Å². The fourth-order valence-corrected chi connectivity index (χ4v) is 1.23. The Bertz CT molecular complexity index is 440. The maximum Gasteiger partial charge on any atom is 0.0892 e. The van der Waals surface area contributed by atoms with Gasteiger partial charge in [-0.3, -0.25) is 9.97 Å². The van der Waals surface area contributed by atoms with Gasteiger partial charge in [-0.25, -0.2) is 0 Å². The number of hydrogen-bond donors (Lipinski definition) is 0. The molecule has 0 spiro atoms. The van der Waals surface area contributed by atoms with Crippen LogP contribution in [-0.4, -0.2) is 9.97 Å². The molecule has 0 fully saturated rings. The number of rotatable bonds is 2. The summed E-state index contributed by atoms with van der Waals surface area (Å²) >= 11 is 0. The molecule has 0 bridgehead atoms. The van der Waals surface area contributed by atoms with Crippen LogP contribution in [0.15, 0.2) is 49.3 Å². The van der Waals surface area contributed by atoms with Gasteiger partial charge < -0.3 is 0 Å². The third-order valence-corrected chi connectivity index (χ3v) is 1.95. The molecule has 0 amide bonds. The predicted molar refractivity (Wildman–Crippen MR) is 57.6 cm³/mol. The number of nitrogens with zero attached hydrogens (tertiary/aromatic N) is 2. The minimum Gasteiger partial charge on any atom is -0.255 e. The van der Waals surface area contributed by atoms with Crippen LogP contribution in [0.3, 0.4) is 0 Å². The van der Waals surface area contributed by atoms with Crippen LogP contribution < -0.4 is 0 Å². The monoisotopic (exact) mass is 374 g/mol. The van der Waals surface area contributed by atoms with E-state index in [0.717, 1.165) is 17.0 Å². The summed E-state index contributed by atoms with van der Waals surface area (Å²) in [6.07, 6.45) is 5.33. The van der Waals surface area contributed by atoms with Crippen molar-refractivity contribution >= 4 is 6.08 Å². The van der Waals surface area contributed by atoms with Crippen LogP contribution in [0.5, 0.6) is 0 Å². The smallest absolute Gasteiger partial charge is 0.0892 e. The Hall–Kier alpha value is -1.32. The van der Waals surface area contributed by atoms with Crippen LogP contribution in [0.4, 0.5) is 0 Å². The van der Waals surface area contributed by atoms with Crippen LogP contribution in [0, 0.1) is 0 Å². The van der Waals surface area contributed by atoms with Crippen molar-refractivity contribution in [3.8, 4) is 11.4 Å². The summed E-state index contributed by atoms with van der Waals surface area (Å²) in [5.41, 5.74) is 2.82. The van der Waals surface area contributed by atoms with Crippen LogP contribution in [-0.2, 0) is 19.8 Å². The molecule has 2 aromatic heterocycles. The first-order valence-corrected chi connectivity index (χ1v) is 4.40. The Morgan fingerprint density at radius 1 is 1.00 bits per heavy atom. The summed E-state index contributed by atoms with van der Waals surface area (Å²) in [5, 5.41) is 0. The van der Waals surface area contributed by atoms with Crippen molar-refractivity contribution in [2.24, 2.45) is 0 Å². The van der Waals surface area contributed by atoms with Gasteiger partial charge in [0.15, 0.2) is 0 Å². The van der Waals surface area contributed by atoms with Gasteiger partial charge in [0.1, 0.15) is 0 Å². The van der Waals surface area contributed by atoms with Gasteiger partial charge in [-0.15, -0.1) is 0 Å². The molecule has 2 heterocycles. The van der Waals surface area contributed by atoms with Crippen molar-refractivity contribution in [3.63, 3.8) is 0 Å². The second-order valence-electron chi connectivity index (χ2n) is 2.89. The maximum atomic E-state index is 4.25. The molecular formula is C12H10N2Os. The van der Waals surface area contributed by atoms with Crippen molar-refractivity contribution in [1.29, 1.82) is 0 Å². The summed E-state index contributed by atoms with van der Waals surface area (Å²) in [6, 6.07) is 9.66. The van der Waals surface area contributed by atoms with Gasteiger partial charge >= 0.3 is 0 Å². The normalized spacial score (nSPS) is 9.07. The average Bonchev–Trinajstić information content (AvgIpc) is 2.30. The fourth-order valence-electron chi connectivity index (χ4n) is 1.23. The van der Waals surface area contributed by atoms with E-state index >= 15 is 0 Å². The molecule has 0 unspecified atom stereocenters. The second-order valence-corrected chi connectivity index (χ2v) is 2.89. The summed E-state index contributed by atoms with van der Waals surface area (Å²) in [4.78, 5) is 8.47. The minimum atomic E-state index is 0. The van der Waals surface area contributed by atoms with E-state index in [0.29, 0.717) is 0 Å². The molecule has 0 radical (unpaired) electrons. The van der Waals surface area contributed by atoms with Crippen molar-refractivity contribution in [2.45, 2.75) is 0 Å². The van der Waals surface area contributed by atoms with Crippen LogP contribution >= 0.6 is 0 Å². The van der Waals surface area contributed by atoms with Gasteiger partial charge in [0.25, 0.3) is 0 Å². The number of pyridine rings is 2. The fraction of sp³-hybridized carbons (Fsp3) is 0. The Morgan fingerprint density at radius 3 is 2.47 bits per heavy atom. The summed E-state index contributed by atoms with van der Waals surface area (Å²) < 4.78 is 0. The molecule has 76 valence electrons. The molecule has 0 saturated carbocycles. The Kier molecular flexibility index (Phi) is 4.33. The molecule has 2 aromatic rings. The molecule has 2 nitrogen and oxygen atoms in total. The molecule has 3 heteroatoms. The molecule has 0 N–H and O–H groups in total. The van der Waals surface area contributed by atoms with Gasteiger partial charge in [0, 0.05) is 32.2 Å². The summed E-state index contributed by atoms with van der Waals surface area (Å²) in [5.74, 6) is 0. The van der Waals surface area contributed by atoms with E-state index in [1.54, 1.807) is 18.5 Å². The van der Waals surface area contributed by atoms with E-state index in [4.69, 9.17) is 0 Å². The van der Waals surface area contributed by atoms with E-state index in [2.05, 4.69) is 16.5 Å². The zero-order chi connectivity index (χ0) is 9.80. The first kappa shape index (κ1) is 11.7. The van der Waals surface area contributed by atoms with Crippen LogP contribution in [0.1, 0.15) is 5.56 Å². The molecular weight excluding hydrogens is 362 g/mol. The van der Waals surface area contributed by atoms with E-state index in [-0.39, 0.29) is 19.8 Å². The van der Waals surface area contributed by atoms with Crippen molar-refractivity contribution in [2.75, 3.05) is 0 Å². The number of aromatic nitrogens is 2. The molecule has 15 heavy (non-hydrogen) atoms. The molecule has 0 atom stereocenters. The predicted octanol–water partition coefficient (Wildman–Crippen LogP) is 2.78. The van der Waals surface area contributed by atoms with Crippen molar-refractivity contribution in [3.05, 3.63) is 54.9 Å². The first-order chi connectivity index (χ1) is 6.90. The SMILES string of the molecule is C=Cc1ccnc(-c2ccccn2)c1.[Os]. The van der Waals surface area contributed by atoms with Gasteiger partial charge in [0.2, 0.25) is 0 Å². The maximum absolute atomic E-state index is 4.25. The molecule has 0 saturated heterocycles. The van der Waals surface area contributed by atoms with E-state index < -0.39 is 0 Å². The molecule has 2 rings (SSSR count). The quantitative estimate of drug-likeness (QED) is 0.810. The molecule has 0 aliphatic heterocycles. The largest absolute Gasteiger partial charge is 0.255 e. The van der Waals surface area contributed by atoms with Gasteiger partial charge in [-0.2, -0.15) is 0 Å². The zero-order valence-corrected chi connectivity index (χ0v) is 10.6. The Morgan fingerprint density at radius 2 is 1.80 bits per heavy atom. The van der Waals surface area contributed by atoms with Crippen molar-refractivity contribution < 1.29 is 19.8 Å². The zero-order valence-electron chi connectivity index (χ0n) is 8.07. The van der Waals surface area contributed by atoms with Gasteiger partial charge in [-0.1, -0.05) is 18.7 Å². The van der Waals surface area contributed by atoms with Gasteiger partial charge in [-0.05, 0) is 29.8 Å². The molecule has 0 aliphatic rings. The second kappa shape index (κ2) is 5.53. The van der Waals surface area contributed by atoms with Crippen molar-refractivity contribution in [1.82, 2.24) is 9.97 Å². The van der Waals surface area contributed by atoms with E-state index in [9.17, 15) is 0 Å². The number of hydrogen-bond acceptors (Lipinski definition) is 2. The Balaban J connectivity index is 0.00000112. The first-order valence-electron chi connectivity index (χ1n) is 4.40. The summed E-state index contributed by atoms with van der Waals surface area (Å²) in [6.45, 7) is 3.72. The molecule has 0 aromatic carbocycles.